The van der Waals surface area contributed by atoms with E-state index in [0.717, 1.165) is 11.1 Å². The molecule has 0 saturated carbocycles. The Bertz CT molecular complexity index is 768. The lowest BCUT2D eigenvalue weighted by Crippen LogP contribution is -2.13. The molecule has 1 heterocycles. The highest BCUT2D eigenvalue weighted by Crippen LogP contribution is 2.25. The van der Waals surface area contributed by atoms with Gasteiger partial charge in [-0.3, -0.25) is 4.79 Å². The van der Waals surface area contributed by atoms with Crippen LogP contribution in [0.25, 0.3) is 11.4 Å². The number of carbonyl (C=O) groups excluding carboxylic acids is 1. The summed E-state index contributed by atoms with van der Waals surface area (Å²) < 4.78 is 5.73. The van der Waals surface area contributed by atoms with E-state index >= 15 is 0 Å². The van der Waals surface area contributed by atoms with Crippen LogP contribution in [0.4, 0.5) is 0 Å². The van der Waals surface area contributed by atoms with Crippen LogP contribution in [0.15, 0.2) is 60.9 Å². The number of rotatable bonds is 5. The van der Waals surface area contributed by atoms with Crippen molar-refractivity contribution in [1.29, 1.82) is 0 Å². The first-order chi connectivity index (χ1) is 10.7. The van der Waals surface area contributed by atoms with Gasteiger partial charge in [0.1, 0.15) is 18.2 Å². The average molecular weight is 293 g/mol. The van der Waals surface area contributed by atoms with E-state index in [2.05, 4.69) is 9.97 Å². The quantitative estimate of drug-likeness (QED) is 0.759. The molecule has 0 atom stereocenters. The highest BCUT2D eigenvalue weighted by atomic mass is 16.5. The molecule has 1 aromatic heterocycles. The maximum Gasteiger partial charge on any atom is 0.252 e. The summed E-state index contributed by atoms with van der Waals surface area (Å²) >= 11 is 0. The Morgan fingerprint density at radius 2 is 2.00 bits per heavy atom. The first-order valence-electron chi connectivity index (χ1n) is 6.84. The Morgan fingerprint density at radius 3 is 2.68 bits per heavy atom. The zero-order chi connectivity index (χ0) is 15.4. The van der Waals surface area contributed by atoms with Gasteiger partial charge in [0, 0.05) is 18.0 Å². The molecular weight excluding hydrogens is 278 g/mol. The topological polar surface area (TPSA) is 81.0 Å². The molecule has 0 aliphatic rings. The van der Waals surface area contributed by atoms with Crippen LogP contribution in [0.5, 0.6) is 5.75 Å². The highest BCUT2D eigenvalue weighted by Gasteiger charge is 2.12. The monoisotopic (exact) mass is 293 g/mol. The second kappa shape index (κ2) is 6.13. The molecule has 0 fully saturated rings. The van der Waals surface area contributed by atoms with Crippen molar-refractivity contribution in [3.05, 3.63) is 72.1 Å². The lowest BCUT2D eigenvalue weighted by Gasteiger charge is -2.11. The molecule has 0 saturated heterocycles. The number of hydrogen-bond donors (Lipinski definition) is 2. The molecule has 3 rings (SSSR count). The van der Waals surface area contributed by atoms with E-state index in [0.29, 0.717) is 23.7 Å². The van der Waals surface area contributed by atoms with Gasteiger partial charge in [-0.2, -0.15) is 0 Å². The molecule has 22 heavy (non-hydrogen) atoms. The number of amides is 1. The molecule has 0 radical (unpaired) electrons. The zero-order valence-corrected chi connectivity index (χ0v) is 11.8. The summed E-state index contributed by atoms with van der Waals surface area (Å²) in [4.78, 5) is 18.8. The normalized spacial score (nSPS) is 10.4. The second-order valence-electron chi connectivity index (χ2n) is 4.79. The number of ether oxygens (including phenoxy) is 1. The van der Waals surface area contributed by atoms with Crippen molar-refractivity contribution in [3.8, 4) is 17.1 Å². The van der Waals surface area contributed by atoms with Crippen LogP contribution < -0.4 is 10.5 Å². The van der Waals surface area contributed by atoms with Gasteiger partial charge in [-0.25, -0.2) is 4.98 Å². The fourth-order valence-electron chi connectivity index (χ4n) is 2.15. The summed E-state index contributed by atoms with van der Waals surface area (Å²) in [5, 5.41) is 0. The van der Waals surface area contributed by atoms with Gasteiger partial charge < -0.3 is 15.5 Å². The largest absolute Gasteiger partial charge is 0.488 e. The third kappa shape index (κ3) is 2.98. The van der Waals surface area contributed by atoms with E-state index in [1.54, 1.807) is 24.5 Å². The Kier molecular flexibility index (Phi) is 3.87. The molecule has 0 aliphatic heterocycles. The number of hydrogen-bond acceptors (Lipinski definition) is 3. The molecule has 1 amide bonds. The smallest absolute Gasteiger partial charge is 0.252 e. The molecule has 3 aromatic rings. The summed E-state index contributed by atoms with van der Waals surface area (Å²) in [5.74, 6) is 0.611. The molecule has 110 valence electrons. The molecule has 2 aromatic carbocycles. The number of aromatic amines is 1. The van der Waals surface area contributed by atoms with E-state index < -0.39 is 5.91 Å². The first-order valence-corrected chi connectivity index (χ1v) is 6.84. The minimum atomic E-state index is -0.531. The minimum absolute atomic E-state index is 0.338. The van der Waals surface area contributed by atoms with Gasteiger partial charge in [0.2, 0.25) is 0 Å². The van der Waals surface area contributed by atoms with Crippen LogP contribution >= 0.6 is 0 Å². The van der Waals surface area contributed by atoms with Gasteiger partial charge in [-0.05, 0) is 23.8 Å². The number of benzene rings is 2. The number of nitrogens with one attached hydrogen (secondary N) is 1. The maximum absolute atomic E-state index is 11.7. The molecule has 0 aliphatic carbocycles. The van der Waals surface area contributed by atoms with Gasteiger partial charge in [0.25, 0.3) is 5.91 Å². The lowest BCUT2D eigenvalue weighted by atomic mass is 10.1. The van der Waals surface area contributed by atoms with Crippen LogP contribution in [-0.2, 0) is 6.61 Å². The van der Waals surface area contributed by atoms with Crippen LogP contribution in [0.1, 0.15) is 15.9 Å². The Morgan fingerprint density at radius 1 is 1.18 bits per heavy atom. The summed E-state index contributed by atoms with van der Waals surface area (Å²) in [5.41, 5.74) is 7.60. The van der Waals surface area contributed by atoms with Gasteiger partial charge in [-0.1, -0.05) is 30.3 Å². The molecule has 0 bridgehead atoms. The van der Waals surface area contributed by atoms with Crippen molar-refractivity contribution in [1.82, 2.24) is 9.97 Å². The number of primary amides is 1. The number of nitrogens with zero attached hydrogens (tertiary/aromatic N) is 1. The minimum Gasteiger partial charge on any atom is -0.488 e. The molecular formula is C17H15N3O2. The number of imidazole rings is 1. The van der Waals surface area contributed by atoms with Crippen molar-refractivity contribution in [2.75, 3.05) is 0 Å². The first kappa shape index (κ1) is 13.9. The predicted molar refractivity (Wildman–Crippen MR) is 83.3 cm³/mol. The fourth-order valence-corrected chi connectivity index (χ4v) is 2.15. The average Bonchev–Trinajstić information content (AvgIpc) is 3.08. The van der Waals surface area contributed by atoms with Crippen molar-refractivity contribution >= 4 is 5.91 Å². The van der Waals surface area contributed by atoms with Gasteiger partial charge in [-0.15, -0.1) is 0 Å². The number of carbonyl (C=O) groups is 1. The number of H-pyrrole nitrogens is 1. The summed E-state index contributed by atoms with van der Waals surface area (Å²) in [6.45, 7) is 0.376. The van der Waals surface area contributed by atoms with E-state index in [1.165, 1.54) is 0 Å². The summed E-state index contributed by atoms with van der Waals surface area (Å²) in [6, 6.07) is 15.0. The van der Waals surface area contributed by atoms with Crippen LogP contribution in [0, 0.1) is 0 Å². The maximum atomic E-state index is 11.7. The van der Waals surface area contributed by atoms with Gasteiger partial charge in [0.05, 0.1) is 5.56 Å². The van der Waals surface area contributed by atoms with Crippen molar-refractivity contribution in [3.63, 3.8) is 0 Å². The van der Waals surface area contributed by atoms with Gasteiger partial charge in [0.15, 0.2) is 0 Å². The van der Waals surface area contributed by atoms with Gasteiger partial charge >= 0.3 is 0 Å². The van der Waals surface area contributed by atoms with E-state index in [9.17, 15) is 4.79 Å². The van der Waals surface area contributed by atoms with E-state index in [1.807, 2.05) is 36.4 Å². The van der Waals surface area contributed by atoms with Crippen LogP contribution in [0.3, 0.4) is 0 Å². The Hall–Kier alpha value is -3.08. The van der Waals surface area contributed by atoms with Crippen molar-refractivity contribution in [2.24, 2.45) is 5.73 Å². The van der Waals surface area contributed by atoms with E-state index in [4.69, 9.17) is 10.5 Å². The lowest BCUT2D eigenvalue weighted by molar-refractivity contribution is 0.0996. The molecule has 5 heteroatoms. The third-order valence-electron chi connectivity index (χ3n) is 3.25. The number of aromatic nitrogens is 2. The standard InChI is InChI=1S/C17H15N3O2/c18-16(21)14-10-13(17-19-8-9-20-17)6-7-15(14)22-11-12-4-2-1-3-5-12/h1-10H,11H2,(H2,18,21)(H,19,20). The predicted octanol–water partition coefficient (Wildman–Crippen LogP) is 2.75. The zero-order valence-electron chi connectivity index (χ0n) is 11.8. The molecule has 0 unspecified atom stereocenters. The summed E-state index contributed by atoms with van der Waals surface area (Å²) in [7, 11) is 0. The van der Waals surface area contributed by atoms with Crippen molar-refractivity contribution in [2.45, 2.75) is 6.61 Å². The SMILES string of the molecule is NC(=O)c1cc(-c2ncc[nH]2)ccc1OCc1ccccc1. The van der Waals surface area contributed by atoms with Crippen LogP contribution in [-0.4, -0.2) is 15.9 Å². The summed E-state index contributed by atoms with van der Waals surface area (Å²) in [6.07, 6.45) is 3.37. The second-order valence-corrected chi connectivity index (χ2v) is 4.79. The third-order valence-corrected chi connectivity index (χ3v) is 3.25. The van der Waals surface area contributed by atoms with Crippen molar-refractivity contribution < 1.29 is 9.53 Å². The number of nitrogens with two attached hydrogens (primary N) is 1. The highest BCUT2D eigenvalue weighted by molar-refractivity contribution is 5.96. The molecule has 5 nitrogen and oxygen atoms in total. The molecule has 3 N–H and O–H groups in total. The Labute approximate surface area is 127 Å². The Balaban J connectivity index is 1.86. The fraction of sp³-hybridized carbons (Fsp3) is 0.0588. The van der Waals surface area contributed by atoms with E-state index in [-0.39, 0.29) is 0 Å². The molecule has 0 spiro atoms. The van der Waals surface area contributed by atoms with Crippen LogP contribution in [0.2, 0.25) is 0 Å².